The summed E-state index contributed by atoms with van der Waals surface area (Å²) in [4.78, 5) is 31.3. The van der Waals surface area contributed by atoms with E-state index in [-0.39, 0.29) is 42.0 Å². The number of carbonyl (C=O) groups is 2. The van der Waals surface area contributed by atoms with Gasteiger partial charge in [-0.15, -0.1) is 0 Å². The zero-order chi connectivity index (χ0) is 33.7. The summed E-state index contributed by atoms with van der Waals surface area (Å²) in [5.74, 6) is 0.0467. The van der Waals surface area contributed by atoms with E-state index in [0.717, 1.165) is 11.1 Å². The number of amides is 2. The number of phenolic OH excluding ortho intramolecular Hbond substituents is 1. The minimum absolute atomic E-state index is 0.0159. The number of fused-ring (bicyclic) bond motifs is 4. The molecule has 2 atom stereocenters. The van der Waals surface area contributed by atoms with E-state index in [0.29, 0.717) is 22.4 Å². The van der Waals surface area contributed by atoms with Crippen LogP contribution in [0.15, 0.2) is 77.2 Å². The molecule has 242 valence electrons. The van der Waals surface area contributed by atoms with Crippen LogP contribution in [0.3, 0.4) is 0 Å². The summed E-state index contributed by atoms with van der Waals surface area (Å²) in [6.07, 6.45) is 1.16. The predicted octanol–water partition coefficient (Wildman–Crippen LogP) is 6.68. The van der Waals surface area contributed by atoms with Gasteiger partial charge in [0.2, 0.25) is 11.8 Å². The molecule has 0 unspecified atom stereocenters. The number of aromatic nitrogens is 1. The Kier molecular flexibility index (Phi) is 9.66. The number of benzene rings is 3. The van der Waals surface area contributed by atoms with Gasteiger partial charge in [-0.05, 0) is 62.1 Å². The van der Waals surface area contributed by atoms with Gasteiger partial charge >= 0.3 is 6.09 Å². The van der Waals surface area contributed by atoms with Crippen molar-refractivity contribution < 1.29 is 28.6 Å². The van der Waals surface area contributed by atoms with Crippen LogP contribution in [0.25, 0.3) is 11.6 Å². The maximum absolute atomic E-state index is 13.9. The standard InChI is InChI=1S/C37H38N4O6/c1-22(2)32-35-39-29(20-38)33(46-35)27(26-13-9-10-14-30(26)42)19-25-17-24(15-16-31(25)45-21-23-11-7-6-8-12-23)18-28(34(43)41-32)40-36(44)47-37(3,4)5/h6-17,19,22,28,32,42H,18,21H2,1-5H3,(H,40,44)(H,41,43)/b27-19+/t28-,32-/m0/s1. The summed E-state index contributed by atoms with van der Waals surface area (Å²) >= 11 is 0. The molecule has 1 aliphatic heterocycles. The van der Waals surface area contributed by atoms with Crippen molar-refractivity contribution in [2.45, 2.75) is 65.3 Å². The van der Waals surface area contributed by atoms with Gasteiger partial charge in [-0.2, -0.15) is 5.26 Å². The molecule has 3 aromatic carbocycles. The fourth-order valence-electron chi connectivity index (χ4n) is 5.22. The van der Waals surface area contributed by atoms with Gasteiger partial charge in [-0.1, -0.05) is 68.4 Å². The molecular formula is C37H38N4O6. The molecule has 0 saturated carbocycles. The number of hydrogen-bond acceptors (Lipinski definition) is 8. The van der Waals surface area contributed by atoms with Crippen LogP contribution in [0.2, 0.25) is 0 Å². The quantitative estimate of drug-likeness (QED) is 0.213. The van der Waals surface area contributed by atoms with E-state index >= 15 is 0 Å². The Bertz CT molecular complexity index is 1830. The van der Waals surface area contributed by atoms with Crippen LogP contribution < -0.4 is 15.4 Å². The van der Waals surface area contributed by atoms with Crippen LogP contribution in [-0.4, -0.2) is 33.7 Å². The molecule has 1 aromatic heterocycles. The number of nitrogens with zero attached hydrogens (tertiary/aromatic N) is 2. The zero-order valence-corrected chi connectivity index (χ0v) is 27.0. The maximum atomic E-state index is 13.9. The lowest BCUT2D eigenvalue weighted by Gasteiger charge is -2.26. The normalized spacial score (nSPS) is 17.6. The van der Waals surface area contributed by atoms with Crippen molar-refractivity contribution >= 4 is 23.6 Å². The highest BCUT2D eigenvalue weighted by Crippen LogP contribution is 2.38. The Morgan fingerprint density at radius 2 is 1.85 bits per heavy atom. The molecule has 0 fully saturated rings. The van der Waals surface area contributed by atoms with Gasteiger partial charge in [0.15, 0.2) is 11.5 Å². The van der Waals surface area contributed by atoms with Crippen molar-refractivity contribution in [1.82, 2.24) is 15.6 Å². The first-order valence-electron chi connectivity index (χ1n) is 15.4. The smallest absolute Gasteiger partial charge is 0.408 e. The molecule has 0 saturated heterocycles. The Hall–Kier alpha value is -5.56. The van der Waals surface area contributed by atoms with Crippen molar-refractivity contribution in [2.75, 3.05) is 0 Å². The monoisotopic (exact) mass is 634 g/mol. The van der Waals surface area contributed by atoms with Crippen molar-refractivity contribution in [3.63, 3.8) is 0 Å². The van der Waals surface area contributed by atoms with Gasteiger partial charge in [0.1, 0.15) is 41.9 Å². The summed E-state index contributed by atoms with van der Waals surface area (Å²) in [5, 5.41) is 26.9. The molecule has 0 radical (unpaired) electrons. The fraction of sp³-hybridized carbons (Fsp3) is 0.297. The molecule has 10 heteroatoms. The number of rotatable bonds is 6. The lowest BCUT2D eigenvalue weighted by molar-refractivity contribution is -0.124. The van der Waals surface area contributed by atoms with Crippen LogP contribution in [0.1, 0.15) is 80.3 Å². The van der Waals surface area contributed by atoms with E-state index in [4.69, 9.17) is 13.9 Å². The first kappa shape index (κ1) is 32.8. The number of phenols is 1. The molecule has 4 aromatic rings. The molecule has 1 aliphatic rings. The Labute approximate surface area is 274 Å². The molecule has 0 spiro atoms. The van der Waals surface area contributed by atoms with Crippen LogP contribution in [0.4, 0.5) is 4.79 Å². The van der Waals surface area contributed by atoms with Gasteiger partial charge in [-0.3, -0.25) is 4.79 Å². The van der Waals surface area contributed by atoms with E-state index in [1.807, 2.05) is 56.3 Å². The third-order valence-corrected chi connectivity index (χ3v) is 7.48. The van der Waals surface area contributed by atoms with Crippen molar-refractivity contribution in [3.05, 3.63) is 112 Å². The van der Waals surface area contributed by atoms with Crippen LogP contribution >= 0.6 is 0 Å². The molecule has 3 N–H and O–H groups in total. The summed E-state index contributed by atoms with van der Waals surface area (Å²) in [6.45, 7) is 9.28. The summed E-state index contributed by atoms with van der Waals surface area (Å²) in [5.41, 5.74) is 2.29. The Morgan fingerprint density at radius 1 is 1.13 bits per heavy atom. The van der Waals surface area contributed by atoms with Gasteiger partial charge < -0.3 is 29.6 Å². The number of alkyl carbamates (subject to hydrolysis) is 1. The highest BCUT2D eigenvalue weighted by Gasteiger charge is 2.32. The van der Waals surface area contributed by atoms with Crippen LogP contribution in [0.5, 0.6) is 11.5 Å². The van der Waals surface area contributed by atoms with Crippen LogP contribution in [0, 0.1) is 17.2 Å². The van der Waals surface area contributed by atoms with Gasteiger partial charge in [-0.25, -0.2) is 9.78 Å². The Morgan fingerprint density at radius 3 is 2.53 bits per heavy atom. The molecule has 5 rings (SSSR count). The molecule has 2 heterocycles. The zero-order valence-electron chi connectivity index (χ0n) is 27.0. The number of ether oxygens (including phenoxy) is 2. The molecular weight excluding hydrogens is 596 g/mol. The largest absolute Gasteiger partial charge is 0.507 e. The SMILES string of the molecule is CC(C)[C@@H]1NC(=O)[C@@H](NC(=O)OC(C)(C)C)Cc2ccc(OCc3ccccc3)c(c2)/C=C(\c2ccccc2O)c2oc1nc2C#N. The minimum Gasteiger partial charge on any atom is -0.507 e. The molecule has 0 aliphatic carbocycles. The molecule has 4 bridgehead atoms. The summed E-state index contributed by atoms with van der Waals surface area (Å²) in [7, 11) is 0. The average molecular weight is 635 g/mol. The van der Waals surface area contributed by atoms with Gasteiger partial charge in [0, 0.05) is 23.1 Å². The predicted molar refractivity (Wildman–Crippen MR) is 176 cm³/mol. The topological polar surface area (TPSA) is 147 Å². The summed E-state index contributed by atoms with van der Waals surface area (Å²) in [6, 6.07) is 22.3. The number of hydrogen-bond donors (Lipinski definition) is 3. The van der Waals surface area contributed by atoms with Gasteiger partial charge in [0.25, 0.3) is 0 Å². The lowest BCUT2D eigenvalue weighted by atomic mass is 9.96. The number of oxazole rings is 1. The fourth-order valence-corrected chi connectivity index (χ4v) is 5.22. The summed E-state index contributed by atoms with van der Waals surface area (Å²) < 4.78 is 18.1. The van der Waals surface area contributed by atoms with E-state index in [1.54, 1.807) is 57.2 Å². The Balaban J connectivity index is 1.71. The lowest BCUT2D eigenvalue weighted by Crippen LogP contribution is -2.50. The van der Waals surface area contributed by atoms with Gasteiger partial charge in [0.05, 0.1) is 0 Å². The second-order valence-corrected chi connectivity index (χ2v) is 12.7. The van der Waals surface area contributed by atoms with Crippen LogP contribution in [-0.2, 0) is 22.6 Å². The minimum atomic E-state index is -1.03. The highest BCUT2D eigenvalue weighted by molar-refractivity contribution is 5.94. The first-order valence-corrected chi connectivity index (χ1v) is 15.4. The highest BCUT2D eigenvalue weighted by atomic mass is 16.6. The van der Waals surface area contributed by atoms with Crippen molar-refractivity contribution in [2.24, 2.45) is 5.92 Å². The van der Waals surface area contributed by atoms with E-state index < -0.39 is 29.7 Å². The molecule has 10 nitrogen and oxygen atoms in total. The maximum Gasteiger partial charge on any atom is 0.408 e. The van der Waals surface area contributed by atoms with Crippen molar-refractivity contribution in [1.29, 1.82) is 5.26 Å². The number of nitriles is 1. The van der Waals surface area contributed by atoms with Crippen molar-refractivity contribution in [3.8, 4) is 17.6 Å². The van der Waals surface area contributed by atoms with E-state index in [1.165, 1.54) is 0 Å². The second-order valence-electron chi connectivity index (χ2n) is 12.7. The van der Waals surface area contributed by atoms with E-state index in [9.17, 15) is 20.0 Å². The number of carbonyl (C=O) groups excluding carboxylic acids is 2. The van der Waals surface area contributed by atoms with E-state index in [2.05, 4.69) is 21.7 Å². The second kappa shape index (κ2) is 13.8. The molecule has 2 amide bonds. The number of aromatic hydroxyl groups is 1. The number of nitrogens with one attached hydrogen (secondary N) is 2. The third-order valence-electron chi connectivity index (χ3n) is 7.48. The molecule has 47 heavy (non-hydrogen) atoms. The number of para-hydroxylation sites is 1. The average Bonchev–Trinajstić information content (AvgIpc) is 3.45. The third kappa shape index (κ3) is 8.00. The first-order chi connectivity index (χ1) is 22.4.